The Morgan fingerprint density at radius 3 is 2.63 bits per heavy atom. The molecule has 4 aromatic rings. The summed E-state index contributed by atoms with van der Waals surface area (Å²) < 4.78 is 39.9. The van der Waals surface area contributed by atoms with E-state index in [0.29, 0.717) is 4.99 Å². The molecule has 4 rings (SSSR count). The maximum atomic E-state index is 12.7. The van der Waals surface area contributed by atoms with Crippen molar-refractivity contribution in [3.8, 4) is 22.4 Å². The highest BCUT2D eigenvalue weighted by Crippen LogP contribution is 2.34. The number of fused-ring (bicyclic) bond motifs is 1. The van der Waals surface area contributed by atoms with Crippen molar-refractivity contribution in [1.29, 1.82) is 0 Å². The van der Waals surface area contributed by atoms with E-state index in [2.05, 4.69) is 10.2 Å². The number of hydrogen-bond donors (Lipinski definition) is 2. The lowest BCUT2D eigenvalue weighted by Gasteiger charge is -2.08. The van der Waals surface area contributed by atoms with Gasteiger partial charge in [-0.1, -0.05) is 42.5 Å². The zero-order valence-electron chi connectivity index (χ0n) is 15.9. The zero-order chi connectivity index (χ0) is 21.3. The lowest BCUT2D eigenvalue weighted by Crippen LogP contribution is -2.09. The number of hydrogen-bond acceptors (Lipinski definition) is 2. The average molecular weight is 428 g/mol. The molecule has 0 bridgehead atoms. The van der Waals surface area contributed by atoms with Crippen LogP contribution in [0.5, 0.6) is 0 Å². The lowest BCUT2D eigenvalue weighted by atomic mass is 10.0. The molecule has 0 aliphatic heterocycles. The standard InChI is InChI=1S/C22H19F3N4S/c23-22(24,25)8-2-10-29-13-18(14-3-1-4-16(11-14)21(26)30)17-6-5-15(12-20(17)29)19-7-9-27-28-19/h1,3-7,9,11-13H,2,8,10H2,(H2,26,30)(H,27,28). The fourth-order valence-corrected chi connectivity index (χ4v) is 3.71. The molecule has 0 radical (unpaired) electrons. The van der Waals surface area contributed by atoms with E-state index in [-0.39, 0.29) is 13.0 Å². The van der Waals surface area contributed by atoms with Gasteiger partial charge >= 0.3 is 6.18 Å². The molecule has 4 nitrogen and oxygen atoms in total. The predicted molar refractivity (Wildman–Crippen MR) is 116 cm³/mol. The van der Waals surface area contributed by atoms with Crippen LogP contribution in [0.2, 0.25) is 0 Å². The van der Waals surface area contributed by atoms with Gasteiger partial charge in [0.15, 0.2) is 0 Å². The van der Waals surface area contributed by atoms with Crippen molar-refractivity contribution in [1.82, 2.24) is 14.8 Å². The zero-order valence-corrected chi connectivity index (χ0v) is 16.7. The van der Waals surface area contributed by atoms with E-state index in [9.17, 15) is 13.2 Å². The van der Waals surface area contributed by atoms with Crippen molar-refractivity contribution in [3.05, 3.63) is 66.5 Å². The van der Waals surface area contributed by atoms with Crippen LogP contribution >= 0.6 is 12.2 Å². The highest BCUT2D eigenvalue weighted by atomic mass is 32.1. The van der Waals surface area contributed by atoms with Gasteiger partial charge in [0, 0.05) is 53.0 Å². The Morgan fingerprint density at radius 2 is 1.93 bits per heavy atom. The summed E-state index contributed by atoms with van der Waals surface area (Å²) in [5.41, 5.74) is 11.0. The number of aryl methyl sites for hydroxylation is 1. The Morgan fingerprint density at radius 1 is 1.10 bits per heavy atom. The molecule has 8 heteroatoms. The fraction of sp³-hybridized carbons (Fsp3) is 0.182. The number of alkyl halides is 3. The molecule has 3 N–H and O–H groups in total. The molecule has 0 spiro atoms. The third kappa shape index (κ3) is 4.23. The Hall–Kier alpha value is -3.13. The summed E-state index contributed by atoms with van der Waals surface area (Å²) in [6.45, 7) is 0.261. The highest BCUT2D eigenvalue weighted by Gasteiger charge is 2.26. The number of nitrogens with zero attached hydrogens (tertiary/aromatic N) is 2. The quantitative estimate of drug-likeness (QED) is 0.389. The molecule has 0 saturated carbocycles. The van der Waals surface area contributed by atoms with Gasteiger partial charge in [-0.3, -0.25) is 5.10 Å². The first-order valence-corrected chi connectivity index (χ1v) is 9.82. The maximum absolute atomic E-state index is 12.7. The minimum atomic E-state index is -4.17. The van der Waals surface area contributed by atoms with Gasteiger partial charge in [0.25, 0.3) is 0 Å². The molecule has 0 fully saturated rings. The average Bonchev–Trinajstić information content (AvgIpc) is 3.35. The topological polar surface area (TPSA) is 59.6 Å². The minimum Gasteiger partial charge on any atom is -0.389 e. The molecule has 0 aliphatic carbocycles. The first-order chi connectivity index (χ1) is 14.3. The van der Waals surface area contributed by atoms with Crippen LogP contribution in [0, 0.1) is 0 Å². The van der Waals surface area contributed by atoms with Crippen LogP contribution in [0.15, 0.2) is 60.9 Å². The van der Waals surface area contributed by atoms with Crippen molar-refractivity contribution in [2.45, 2.75) is 25.6 Å². The van der Waals surface area contributed by atoms with Crippen LogP contribution in [0.4, 0.5) is 13.2 Å². The Kier molecular flexibility index (Phi) is 5.34. The molecule has 2 heterocycles. The number of rotatable bonds is 6. The molecular formula is C22H19F3N4S. The second-order valence-corrected chi connectivity index (χ2v) is 7.54. The van der Waals surface area contributed by atoms with Crippen LogP contribution in [-0.4, -0.2) is 25.9 Å². The summed E-state index contributed by atoms with van der Waals surface area (Å²) in [6.07, 6.45) is -1.42. The number of nitrogens with one attached hydrogen (secondary N) is 1. The Balaban J connectivity index is 1.80. The molecule has 30 heavy (non-hydrogen) atoms. The van der Waals surface area contributed by atoms with Gasteiger partial charge in [-0.25, -0.2) is 0 Å². The number of thiocarbonyl (C=S) groups is 1. The van der Waals surface area contributed by atoms with Crippen LogP contribution in [0.25, 0.3) is 33.3 Å². The van der Waals surface area contributed by atoms with Crippen LogP contribution in [0.1, 0.15) is 18.4 Å². The fourth-order valence-electron chi connectivity index (χ4n) is 3.58. The summed E-state index contributed by atoms with van der Waals surface area (Å²) in [7, 11) is 0. The van der Waals surface area contributed by atoms with Crippen molar-refractivity contribution in [2.75, 3.05) is 0 Å². The molecule has 154 valence electrons. The Bertz CT molecular complexity index is 1190. The van der Waals surface area contributed by atoms with E-state index in [1.165, 1.54) is 0 Å². The number of benzene rings is 2. The normalized spacial score (nSPS) is 11.8. The van der Waals surface area contributed by atoms with E-state index >= 15 is 0 Å². The first kappa shape index (κ1) is 20.2. The SMILES string of the molecule is NC(=S)c1cccc(-c2cn(CCCC(F)(F)F)c3cc(-c4ccn[nH]4)ccc23)c1. The second-order valence-electron chi connectivity index (χ2n) is 7.10. The maximum Gasteiger partial charge on any atom is 0.389 e. The van der Waals surface area contributed by atoms with Crippen LogP contribution in [-0.2, 0) is 6.54 Å². The molecule has 0 saturated heterocycles. The number of aromatic nitrogens is 3. The van der Waals surface area contributed by atoms with E-state index in [1.54, 1.807) is 6.20 Å². The lowest BCUT2D eigenvalue weighted by molar-refractivity contribution is -0.135. The van der Waals surface area contributed by atoms with Gasteiger partial charge in [-0.05, 0) is 30.2 Å². The number of aromatic amines is 1. The first-order valence-electron chi connectivity index (χ1n) is 9.41. The van der Waals surface area contributed by atoms with Crippen molar-refractivity contribution < 1.29 is 13.2 Å². The molecule has 0 atom stereocenters. The summed E-state index contributed by atoms with van der Waals surface area (Å²) >= 11 is 5.08. The molecule has 2 aromatic heterocycles. The smallest absolute Gasteiger partial charge is 0.389 e. The van der Waals surface area contributed by atoms with E-state index in [4.69, 9.17) is 18.0 Å². The number of nitrogens with two attached hydrogens (primary N) is 1. The van der Waals surface area contributed by atoms with Crippen LogP contribution < -0.4 is 5.73 Å². The Labute approximate surface area is 176 Å². The number of H-pyrrole nitrogens is 1. The van der Waals surface area contributed by atoms with E-state index in [0.717, 1.165) is 38.9 Å². The molecule has 0 amide bonds. The van der Waals surface area contributed by atoms with Gasteiger partial charge in [0.1, 0.15) is 4.99 Å². The van der Waals surface area contributed by atoms with Gasteiger partial charge in [0.05, 0.1) is 5.69 Å². The predicted octanol–water partition coefficient (Wildman–Crippen LogP) is 5.68. The van der Waals surface area contributed by atoms with Gasteiger partial charge in [0.2, 0.25) is 0 Å². The van der Waals surface area contributed by atoms with Crippen molar-refractivity contribution >= 4 is 28.1 Å². The van der Waals surface area contributed by atoms with Gasteiger partial charge in [-0.2, -0.15) is 18.3 Å². The second kappa shape index (κ2) is 7.95. The summed E-state index contributed by atoms with van der Waals surface area (Å²) in [5.74, 6) is 0. The molecule has 0 aliphatic rings. The van der Waals surface area contributed by atoms with Crippen molar-refractivity contribution in [3.63, 3.8) is 0 Å². The molecule has 0 unspecified atom stereocenters. The van der Waals surface area contributed by atoms with Crippen LogP contribution in [0.3, 0.4) is 0 Å². The molecule has 2 aromatic carbocycles. The third-order valence-electron chi connectivity index (χ3n) is 5.01. The highest BCUT2D eigenvalue weighted by molar-refractivity contribution is 7.80. The number of halogens is 3. The third-order valence-corrected chi connectivity index (χ3v) is 5.25. The summed E-state index contributed by atoms with van der Waals surface area (Å²) in [5, 5.41) is 7.85. The summed E-state index contributed by atoms with van der Waals surface area (Å²) in [6, 6.07) is 15.3. The minimum absolute atomic E-state index is 0.00787. The summed E-state index contributed by atoms with van der Waals surface area (Å²) in [4.78, 5) is 0.298. The monoisotopic (exact) mass is 428 g/mol. The molecular weight excluding hydrogens is 409 g/mol. The van der Waals surface area contributed by atoms with Crippen molar-refractivity contribution in [2.24, 2.45) is 5.73 Å². The van der Waals surface area contributed by atoms with E-state index < -0.39 is 12.6 Å². The van der Waals surface area contributed by atoms with Gasteiger partial charge < -0.3 is 10.3 Å². The van der Waals surface area contributed by atoms with E-state index in [1.807, 2.05) is 59.3 Å². The largest absolute Gasteiger partial charge is 0.389 e. The van der Waals surface area contributed by atoms with Gasteiger partial charge in [-0.15, -0.1) is 0 Å².